The SMILES string of the molecule is CC(C)=CCCC(C)=CCON=C1C[C@@H](O)[C@@H](O)[C@@H]2[C@@H]3C(=O)N(Cc4ccccc4)C(=O)[C@@H]3CC[C@H]12. The molecule has 1 aliphatic heterocycles. The van der Waals surface area contributed by atoms with Crippen molar-refractivity contribution < 1.29 is 24.6 Å². The first-order valence-corrected chi connectivity index (χ1v) is 13.0. The highest BCUT2D eigenvalue weighted by Gasteiger charge is 2.59. The Labute approximate surface area is 213 Å². The summed E-state index contributed by atoms with van der Waals surface area (Å²) in [5.41, 5.74) is 4.09. The van der Waals surface area contributed by atoms with Crippen LogP contribution in [0.15, 0.2) is 58.8 Å². The largest absolute Gasteiger partial charge is 0.392 e. The number of fused-ring (bicyclic) bond motifs is 3. The molecule has 6 atom stereocenters. The van der Waals surface area contributed by atoms with Gasteiger partial charge >= 0.3 is 0 Å². The number of carbonyl (C=O) groups excluding carboxylic acids is 2. The van der Waals surface area contributed by atoms with Gasteiger partial charge in [0, 0.05) is 18.3 Å². The second-order valence-corrected chi connectivity index (χ2v) is 10.7. The number of allylic oxidation sites excluding steroid dienone is 3. The molecule has 2 saturated carbocycles. The first kappa shape index (κ1) is 26.3. The predicted molar refractivity (Wildman–Crippen MR) is 138 cm³/mol. The van der Waals surface area contributed by atoms with Gasteiger partial charge in [-0.1, -0.05) is 52.7 Å². The molecule has 0 bridgehead atoms. The van der Waals surface area contributed by atoms with E-state index in [0.29, 0.717) is 25.2 Å². The number of carbonyl (C=O) groups is 2. The molecule has 7 nitrogen and oxygen atoms in total. The minimum atomic E-state index is -1.08. The van der Waals surface area contributed by atoms with Crippen molar-refractivity contribution in [2.75, 3.05) is 6.61 Å². The lowest BCUT2D eigenvalue weighted by Crippen LogP contribution is -2.54. The van der Waals surface area contributed by atoms with Crippen LogP contribution in [-0.2, 0) is 21.0 Å². The number of hydrogen-bond acceptors (Lipinski definition) is 6. The van der Waals surface area contributed by atoms with Crippen molar-refractivity contribution in [1.82, 2.24) is 4.90 Å². The maximum Gasteiger partial charge on any atom is 0.233 e. The molecule has 2 amide bonds. The molecule has 0 radical (unpaired) electrons. The number of aliphatic hydroxyl groups excluding tert-OH is 2. The van der Waals surface area contributed by atoms with E-state index in [-0.39, 0.29) is 30.7 Å². The third-order valence-corrected chi connectivity index (χ3v) is 7.83. The van der Waals surface area contributed by atoms with Gasteiger partial charge in [0.1, 0.15) is 6.61 Å². The highest BCUT2D eigenvalue weighted by Crippen LogP contribution is 2.49. The van der Waals surface area contributed by atoms with Gasteiger partial charge in [-0.05, 0) is 58.1 Å². The smallest absolute Gasteiger partial charge is 0.233 e. The van der Waals surface area contributed by atoms with E-state index in [4.69, 9.17) is 4.84 Å². The van der Waals surface area contributed by atoms with E-state index in [1.807, 2.05) is 36.4 Å². The van der Waals surface area contributed by atoms with Gasteiger partial charge < -0.3 is 15.1 Å². The van der Waals surface area contributed by atoms with E-state index < -0.39 is 30.0 Å². The van der Waals surface area contributed by atoms with Gasteiger partial charge in [0.15, 0.2) is 0 Å². The average molecular weight is 495 g/mol. The van der Waals surface area contributed by atoms with Crippen LogP contribution in [0, 0.1) is 23.7 Å². The fraction of sp³-hybridized carbons (Fsp3) is 0.552. The van der Waals surface area contributed by atoms with Crippen molar-refractivity contribution in [1.29, 1.82) is 0 Å². The van der Waals surface area contributed by atoms with E-state index in [2.05, 4.69) is 32.0 Å². The van der Waals surface area contributed by atoms with Crippen molar-refractivity contribution in [3.63, 3.8) is 0 Å². The highest BCUT2D eigenvalue weighted by atomic mass is 16.6. The summed E-state index contributed by atoms with van der Waals surface area (Å²) in [4.78, 5) is 33.6. The van der Waals surface area contributed by atoms with E-state index in [1.54, 1.807) is 0 Å². The topological polar surface area (TPSA) is 99.4 Å². The van der Waals surface area contributed by atoms with Gasteiger partial charge in [-0.25, -0.2) is 0 Å². The standard InChI is InChI=1S/C29H38N2O5/c1-18(2)8-7-9-19(3)14-15-36-30-23-16-24(32)27(33)25-21(23)12-13-22-26(25)29(35)31(28(22)34)17-20-10-5-4-6-11-20/h4-6,8,10-11,14,21-22,24-27,32-33H,7,9,12-13,15-17H2,1-3H3/t21-,22-,24-,25+,26-,27-/m1/s1. The Bertz CT molecular complexity index is 1040. The number of aliphatic hydroxyl groups is 2. The second-order valence-electron chi connectivity index (χ2n) is 10.7. The molecule has 3 aliphatic rings. The molecule has 2 N–H and O–H groups in total. The number of rotatable bonds is 8. The lowest BCUT2D eigenvalue weighted by atomic mass is 9.60. The lowest BCUT2D eigenvalue weighted by Gasteiger charge is -2.45. The summed E-state index contributed by atoms with van der Waals surface area (Å²) >= 11 is 0. The molecule has 1 aromatic rings. The zero-order valence-corrected chi connectivity index (χ0v) is 21.5. The number of likely N-dealkylation sites (tertiary alicyclic amines) is 1. The first-order chi connectivity index (χ1) is 17.3. The van der Waals surface area contributed by atoms with Gasteiger partial charge in [0.2, 0.25) is 11.8 Å². The van der Waals surface area contributed by atoms with E-state index in [0.717, 1.165) is 18.4 Å². The van der Waals surface area contributed by atoms with Gasteiger partial charge in [-0.15, -0.1) is 0 Å². The van der Waals surface area contributed by atoms with Crippen molar-refractivity contribution in [2.24, 2.45) is 28.8 Å². The number of oxime groups is 1. The minimum absolute atomic E-state index is 0.178. The van der Waals surface area contributed by atoms with Crippen molar-refractivity contribution in [2.45, 2.75) is 71.6 Å². The quantitative estimate of drug-likeness (QED) is 0.246. The maximum atomic E-state index is 13.5. The number of hydrogen-bond donors (Lipinski definition) is 2. The fourth-order valence-corrected chi connectivity index (χ4v) is 5.95. The van der Waals surface area contributed by atoms with E-state index >= 15 is 0 Å². The van der Waals surface area contributed by atoms with Crippen LogP contribution >= 0.6 is 0 Å². The molecule has 194 valence electrons. The Morgan fingerprint density at radius 3 is 2.50 bits per heavy atom. The Hall–Kier alpha value is -2.77. The molecule has 1 aromatic carbocycles. The molecule has 1 heterocycles. The molecule has 3 fully saturated rings. The number of amides is 2. The average Bonchev–Trinajstić information content (AvgIpc) is 3.09. The summed E-state index contributed by atoms with van der Waals surface area (Å²) in [5.74, 6) is -2.28. The van der Waals surface area contributed by atoms with Crippen molar-refractivity contribution in [3.05, 3.63) is 59.2 Å². The molecule has 4 rings (SSSR count). The zero-order chi connectivity index (χ0) is 25.8. The monoisotopic (exact) mass is 494 g/mol. The summed E-state index contributed by atoms with van der Waals surface area (Å²) < 4.78 is 0. The normalized spacial score (nSPS) is 31.3. The van der Waals surface area contributed by atoms with Gasteiger partial charge in [0.25, 0.3) is 0 Å². The molecule has 1 saturated heterocycles. The van der Waals surface area contributed by atoms with Gasteiger partial charge in [0.05, 0.1) is 36.3 Å². The van der Waals surface area contributed by atoms with E-state index in [9.17, 15) is 19.8 Å². The van der Waals surface area contributed by atoms with E-state index in [1.165, 1.54) is 16.0 Å². The number of imide groups is 1. The Balaban J connectivity index is 1.46. The van der Waals surface area contributed by atoms with Crippen molar-refractivity contribution >= 4 is 17.5 Å². The highest BCUT2D eigenvalue weighted by molar-refractivity contribution is 6.06. The molecule has 2 aliphatic carbocycles. The summed E-state index contributed by atoms with van der Waals surface area (Å²) in [6.07, 6.45) is 5.45. The van der Waals surface area contributed by atoms with Crippen LogP contribution in [0.25, 0.3) is 0 Å². The van der Waals surface area contributed by atoms with Crippen LogP contribution < -0.4 is 0 Å². The summed E-state index contributed by atoms with van der Waals surface area (Å²) in [6, 6.07) is 9.45. The van der Waals surface area contributed by atoms with Crippen LogP contribution in [0.5, 0.6) is 0 Å². The summed E-state index contributed by atoms with van der Waals surface area (Å²) in [7, 11) is 0. The molecule has 0 aromatic heterocycles. The van der Waals surface area contributed by atoms with Gasteiger partial charge in [-0.3, -0.25) is 14.5 Å². The third kappa shape index (κ3) is 5.62. The number of benzene rings is 1. The second kappa shape index (κ2) is 11.5. The molecule has 0 unspecified atom stereocenters. The predicted octanol–water partition coefficient (Wildman–Crippen LogP) is 4.00. The Morgan fingerprint density at radius 2 is 1.78 bits per heavy atom. The summed E-state index contributed by atoms with van der Waals surface area (Å²) in [6.45, 7) is 6.80. The van der Waals surface area contributed by atoms with Crippen LogP contribution in [0.4, 0.5) is 0 Å². The minimum Gasteiger partial charge on any atom is -0.392 e. The third-order valence-electron chi connectivity index (χ3n) is 7.83. The Kier molecular flexibility index (Phi) is 8.42. The molecular formula is C29H38N2O5. The van der Waals surface area contributed by atoms with Gasteiger partial charge in [-0.2, -0.15) is 0 Å². The lowest BCUT2D eigenvalue weighted by molar-refractivity contribution is -0.142. The van der Waals surface area contributed by atoms with Crippen molar-refractivity contribution in [3.8, 4) is 0 Å². The molecule has 0 spiro atoms. The first-order valence-electron chi connectivity index (χ1n) is 13.0. The molecular weight excluding hydrogens is 456 g/mol. The molecule has 36 heavy (non-hydrogen) atoms. The van der Waals surface area contributed by atoms with Crippen LogP contribution in [0.1, 0.15) is 58.4 Å². The fourth-order valence-electron chi connectivity index (χ4n) is 5.95. The Morgan fingerprint density at radius 1 is 1.06 bits per heavy atom. The number of nitrogens with zero attached hydrogens (tertiary/aromatic N) is 2. The zero-order valence-electron chi connectivity index (χ0n) is 21.5. The molecule has 7 heteroatoms. The summed E-state index contributed by atoms with van der Waals surface area (Å²) in [5, 5.41) is 25.9. The van der Waals surface area contributed by atoms with Crippen LogP contribution in [0.2, 0.25) is 0 Å². The maximum absolute atomic E-state index is 13.5. The van der Waals surface area contributed by atoms with Crippen LogP contribution in [0.3, 0.4) is 0 Å². The van der Waals surface area contributed by atoms with Crippen LogP contribution in [-0.4, -0.2) is 51.5 Å².